The van der Waals surface area contributed by atoms with Crippen molar-refractivity contribution in [3.63, 3.8) is 0 Å². The number of carbonyl (C=O) groups is 1. The number of halogens is 1. The van der Waals surface area contributed by atoms with E-state index in [4.69, 9.17) is 0 Å². The molecule has 25 heavy (non-hydrogen) atoms. The Bertz CT molecular complexity index is 646. The maximum atomic E-state index is 12.2. The van der Waals surface area contributed by atoms with Crippen molar-refractivity contribution in [3.05, 3.63) is 29.8 Å². The largest absolute Gasteiger partial charge is 0.352 e. The first-order valence-corrected chi connectivity index (χ1v) is 10.2. The Morgan fingerprint density at radius 2 is 2.16 bits per heavy atom. The predicted octanol–water partition coefficient (Wildman–Crippen LogP) is 2.38. The SMILES string of the molecule is CCCS(=O)(=O)Nc1cccc(C(=O)NCCC2CCCNC2)c1.Cl. The van der Waals surface area contributed by atoms with Crippen molar-refractivity contribution in [1.82, 2.24) is 10.6 Å². The normalized spacial score (nSPS) is 17.4. The molecule has 0 saturated carbocycles. The maximum absolute atomic E-state index is 12.2. The third kappa shape index (κ3) is 7.63. The van der Waals surface area contributed by atoms with Gasteiger partial charge in [0.2, 0.25) is 10.0 Å². The van der Waals surface area contributed by atoms with Crippen LogP contribution in [-0.2, 0) is 10.0 Å². The number of nitrogens with one attached hydrogen (secondary N) is 3. The molecule has 1 aromatic carbocycles. The summed E-state index contributed by atoms with van der Waals surface area (Å²) in [5.74, 6) is 0.514. The van der Waals surface area contributed by atoms with Crippen LogP contribution in [0.15, 0.2) is 24.3 Å². The lowest BCUT2D eigenvalue weighted by molar-refractivity contribution is 0.0950. The standard InChI is InChI=1S/C17H27N3O3S.ClH/c1-2-11-24(22,23)20-16-7-3-6-15(12-16)17(21)19-10-8-14-5-4-9-18-13-14;/h3,6-7,12,14,18,20H,2,4-5,8-11,13H2,1H3,(H,19,21);1H. The fourth-order valence-corrected chi connectivity index (χ4v) is 4.01. The van der Waals surface area contributed by atoms with Crippen LogP contribution in [0, 0.1) is 5.92 Å². The zero-order chi connectivity index (χ0) is 17.4. The van der Waals surface area contributed by atoms with E-state index in [1.165, 1.54) is 12.8 Å². The smallest absolute Gasteiger partial charge is 0.251 e. The molecule has 1 unspecified atom stereocenters. The van der Waals surface area contributed by atoms with Crippen molar-refractivity contribution in [2.75, 3.05) is 30.1 Å². The summed E-state index contributed by atoms with van der Waals surface area (Å²) < 4.78 is 26.1. The Morgan fingerprint density at radius 1 is 1.36 bits per heavy atom. The molecular formula is C17H28ClN3O3S. The second-order valence-corrected chi connectivity index (χ2v) is 8.10. The average Bonchev–Trinajstić information content (AvgIpc) is 2.55. The summed E-state index contributed by atoms with van der Waals surface area (Å²) >= 11 is 0. The molecule has 6 nitrogen and oxygen atoms in total. The summed E-state index contributed by atoms with van der Waals surface area (Å²) in [6.45, 7) is 4.55. The van der Waals surface area contributed by atoms with Crippen LogP contribution in [0.4, 0.5) is 5.69 Å². The quantitative estimate of drug-likeness (QED) is 0.637. The van der Waals surface area contributed by atoms with Gasteiger partial charge in [-0.05, 0) is 62.9 Å². The molecular weight excluding hydrogens is 362 g/mol. The molecule has 0 radical (unpaired) electrons. The first-order valence-electron chi connectivity index (χ1n) is 8.59. The summed E-state index contributed by atoms with van der Waals surface area (Å²) in [5, 5.41) is 6.28. The first kappa shape index (κ1) is 21.7. The van der Waals surface area contributed by atoms with Gasteiger partial charge in [-0.15, -0.1) is 12.4 Å². The molecule has 1 aliphatic heterocycles. The molecule has 8 heteroatoms. The van der Waals surface area contributed by atoms with Crippen molar-refractivity contribution in [2.24, 2.45) is 5.92 Å². The molecule has 1 aliphatic rings. The van der Waals surface area contributed by atoms with Crippen LogP contribution >= 0.6 is 12.4 Å². The number of piperidine rings is 1. The first-order chi connectivity index (χ1) is 11.5. The van der Waals surface area contributed by atoms with E-state index in [-0.39, 0.29) is 24.1 Å². The van der Waals surface area contributed by atoms with E-state index in [0.717, 1.165) is 19.5 Å². The second kappa shape index (κ2) is 10.6. The number of hydrogen-bond donors (Lipinski definition) is 3. The Morgan fingerprint density at radius 3 is 2.84 bits per heavy atom. The highest BCUT2D eigenvalue weighted by molar-refractivity contribution is 7.92. The van der Waals surface area contributed by atoms with Gasteiger partial charge < -0.3 is 10.6 Å². The van der Waals surface area contributed by atoms with Crippen molar-refractivity contribution < 1.29 is 13.2 Å². The van der Waals surface area contributed by atoms with Crippen LogP contribution in [0.3, 0.4) is 0 Å². The number of carbonyl (C=O) groups excluding carboxylic acids is 1. The molecule has 3 N–H and O–H groups in total. The van der Waals surface area contributed by atoms with Crippen LogP contribution in [0.1, 0.15) is 43.0 Å². The van der Waals surface area contributed by atoms with E-state index in [0.29, 0.717) is 30.1 Å². The molecule has 142 valence electrons. The molecule has 2 rings (SSSR count). The third-order valence-corrected chi connectivity index (χ3v) is 5.60. The van der Waals surface area contributed by atoms with E-state index in [1.54, 1.807) is 24.3 Å². The zero-order valence-electron chi connectivity index (χ0n) is 14.6. The average molecular weight is 390 g/mol. The summed E-state index contributed by atoms with van der Waals surface area (Å²) in [4.78, 5) is 12.2. The van der Waals surface area contributed by atoms with Gasteiger partial charge in [0.1, 0.15) is 0 Å². The van der Waals surface area contributed by atoms with Crippen molar-refractivity contribution in [1.29, 1.82) is 0 Å². The van der Waals surface area contributed by atoms with Crippen LogP contribution in [0.5, 0.6) is 0 Å². The molecule has 1 aromatic rings. The van der Waals surface area contributed by atoms with E-state index < -0.39 is 10.0 Å². The minimum atomic E-state index is -3.35. The molecule has 1 heterocycles. The van der Waals surface area contributed by atoms with Crippen molar-refractivity contribution in [2.45, 2.75) is 32.6 Å². The second-order valence-electron chi connectivity index (χ2n) is 6.26. The number of sulfonamides is 1. The monoisotopic (exact) mass is 389 g/mol. The number of hydrogen-bond acceptors (Lipinski definition) is 4. The fourth-order valence-electron chi connectivity index (χ4n) is 2.89. The van der Waals surface area contributed by atoms with E-state index in [9.17, 15) is 13.2 Å². The van der Waals surface area contributed by atoms with Crippen LogP contribution < -0.4 is 15.4 Å². The highest BCUT2D eigenvalue weighted by Gasteiger charge is 2.14. The Balaban J connectivity index is 0.00000312. The zero-order valence-corrected chi connectivity index (χ0v) is 16.2. The maximum Gasteiger partial charge on any atom is 0.251 e. The lowest BCUT2D eigenvalue weighted by atomic mass is 9.96. The van der Waals surface area contributed by atoms with Gasteiger partial charge in [0, 0.05) is 17.8 Å². The summed E-state index contributed by atoms with van der Waals surface area (Å²) in [6, 6.07) is 6.60. The molecule has 1 atom stereocenters. The van der Waals surface area contributed by atoms with E-state index in [2.05, 4.69) is 15.4 Å². The molecule has 0 spiro atoms. The van der Waals surface area contributed by atoms with E-state index in [1.807, 2.05) is 6.92 Å². The van der Waals surface area contributed by atoms with Crippen LogP contribution in [-0.4, -0.2) is 39.7 Å². The molecule has 0 aliphatic carbocycles. The van der Waals surface area contributed by atoms with Crippen LogP contribution in [0.25, 0.3) is 0 Å². The molecule has 1 fully saturated rings. The van der Waals surface area contributed by atoms with Gasteiger partial charge in [0.25, 0.3) is 5.91 Å². The number of rotatable bonds is 8. The Kier molecular flexibility index (Phi) is 9.24. The van der Waals surface area contributed by atoms with Gasteiger partial charge in [0.15, 0.2) is 0 Å². The topological polar surface area (TPSA) is 87.3 Å². The summed E-state index contributed by atoms with van der Waals surface area (Å²) in [7, 11) is -3.35. The lowest BCUT2D eigenvalue weighted by Gasteiger charge is -2.22. The molecule has 1 saturated heterocycles. The lowest BCUT2D eigenvalue weighted by Crippen LogP contribution is -2.33. The molecule has 0 aromatic heterocycles. The Hall–Kier alpha value is -1.31. The minimum absolute atomic E-state index is 0. The Labute approximate surface area is 156 Å². The van der Waals surface area contributed by atoms with Gasteiger partial charge in [-0.25, -0.2) is 8.42 Å². The third-order valence-electron chi connectivity index (χ3n) is 4.11. The van der Waals surface area contributed by atoms with Gasteiger partial charge in [-0.1, -0.05) is 13.0 Å². The van der Waals surface area contributed by atoms with Gasteiger partial charge in [0.05, 0.1) is 5.75 Å². The number of anilines is 1. The van der Waals surface area contributed by atoms with Gasteiger partial charge >= 0.3 is 0 Å². The predicted molar refractivity (Wildman–Crippen MR) is 104 cm³/mol. The molecule has 0 bridgehead atoms. The highest BCUT2D eigenvalue weighted by atomic mass is 35.5. The van der Waals surface area contributed by atoms with E-state index >= 15 is 0 Å². The number of benzene rings is 1. The van der Waals surface area contributed by atoms with Crippen molar-refractivity contribution >= 4 is 34.0 Å². The minimum Gasteiger partial charge on any atom is -0.352 e. The fraction of sp³-hybridized carbons (Fsp3) is 0.588. The summed E-state index contributed by atoms with van der Waals surface area (Å²) in [5.41, 5.74) is 0.890. The van der Waals surface area contributed by atoms with Gasteiger partial charge in [-0.2, -0.15) is 0 Å². The van der Waals surface area contributed by atoms with Gasteiger partial charge in [-0.3, -0.25) is 9.52 Å². The number of amides is 1. The van der Waals surface area contributed by atoms with Crippen LogP contribution in [0.2, 0.25) is 0 Å². The van der Waals surface area contributed by atoms with Crippen molar-refractivity contribution in [3.8, 4) is 0 Å². The summed E-state index contributed by atoms with van der Waals surface area (Å²) in [6.07, 6.45) is 3.91. The highest BCUT2D eigenvalue weighted by Crippen LogP contribution is 2.14. The molecule has 1 amide bonds.